The van der Waals surface area contributed by atoms with Gasteiger partial charge in [-0.2, -0.15) is 16.1 Å². The topological polar surface area (TPSA) is 75.7 Å². The average Bonchev–Trinajstić information content (AvgIpc) is 3.24. The molecule has 1 atom stereocenters. The Balaban J connectivity index is 1.61. The van der Waals surface area contributed by atoms with Crippen LogP contribution >= 0.6 is 23.1 Å². The van der Waals surface area contributed by atoms with Crippen molar-refractivity contribution in [3.8, 4) is 5.75 Å². The fraction of sp³-hybridized carbons (Fsp3) is 0.450. The smallest absolute Gasteiger partial charge is 0.262 e. The predicted molar refractivity (Wildman–Crippen MR) is 119 cm³/mol. The van der Waals surface area contributed by atoms with E-state index in [1.165, 1.54) is 15.6 Å². The van der Waals surface area contributed by atoms with Crippen molar-refractivity contribution in [1.82, 2.24) is 9.62 Å². The summed E-state index contributed by atoms with van der Waals surface area (Å²) in [5, 5.41) is 4.62. The van der Waals surface area contributed by atoms with E-state index >= 15 is 0 Å². The van der Waals surface area contributed by atoms with E-state index in [9.17, 15) is 13.2 Å². The van der Waals surface area contributed by atoms with E-state index in [2.05, 4.69) is 5.32 Å². The third-order valence-electron chi connectivity index (χ3n) is 4.83. The molecule has 1 fully saturated rings. The number of ether oxygens (including phenoxy) is 1. The molecule has 2 aromatic rings. The van der Waals surface area contributed by atoms with Gasteiger partial charge < -0.3 is 10.1 Å². The van der Waals surface area contributed by atoms with E-state index in [1.54, 1.807) is 30.3 Å². The Morgan fingerprint density at radius 2 is 1.90 bits per heavy atom. The molecule has 6 nitrogen and oxygen atoms in total. The van der Waals surface area contributed by atoms with Crippen molar-refractivity contribution in [1.29, 1.82) is 0 Å². The number of aryl methyl sites for hydroxylation is 1. The summed E-state index contributed by atoms with van der Waals surface area (Å²) >= 11 is 2.92. The molecule has 1 aromatic heterocycles. The van der Waals surface area contributed by atoms with Gasteiger partial charge in [0.2, 0.25) is 10.0 Å². The highest BCUT2D eigenvalue weighted by Crippen LogP contribution is 2.27. The number of carbonyl (C=O) groups excluding carboxylic acids is 1. The molecule has 1 unspecified atom stereocenters. The molecule has 2 heterocycles. The maximum atomic E-state index is 13.0. The number of rotatable bonds is 8. The summed E-state index contributed by atoms with van der Waals surface area (Å²) in [6.45, 7) is 2.91. The van der Waals surface area contributed by atoms with Crippen LogP contribution in [0.3, 0.4) is 0 Å². The number of nitrogens with zero attached hydrogens (tertiary/aromatic N) is 1. The summed E-state index contributed by atoms with van der Waals surface area (Å²) in [5.41, 5.74) is 1.16. The highest BCUT2D eigenvalue weighted by Gasteiger charge is 2.31. The van der Waals surface area contributed by atoms with Gasteiger partial charge in [-0.05, 0) is 48.9 Å². The number of benzene rings is 1. The predicted octanol–water partition coefficient (Wildman–Crippen LogP) is 3.25. The Morgan fingerprint density at radius 3 is 2.55 bits per heavy atom. The molecule has 1 aromatic carbocycles. The number of nitrogens with one attached hydrogen (secondary N) is 1. The molecule has 1 saturated heterocycles. The lowest BCUT2D eigenvalue weighted by Crippen LogP contribution is -2.39. The Morgan fingerprint density at radius 1 is 1.21 bits per heavy atom. The Hall–Kier alpha value is -1.55. The maximum absolute atomic E-state index is 13.0. The Kier molecular flexibility index (Phi) is 7.61. The Labute approximate surface area is 180 Å². The van der Waals surface area contributed by atoms with Crippen LogP contribution in [0.1, 0.15) is 28.6 Å². The zero-order valence-corrected chi connectivity index (χ0v) is 19.0. The molecule has 0 bridgehead atoms. The number of hydrogen-bond donors (Lipinski definition) is 1. The first-order valence-electron chi connectivity index (χ1n) is 9.51. The monoisotopic (exact) mass is 454 g/mol. The molecule has 0 spiro atoms. The first kappa shape index (κ1) is 22.1. The molecule has 0 radical (unpaired) electrons. The minimum absolute atomic E-state index is 0.0753. The van der Waals surface area contributed by atoms with E-state index in [-0.39, 0.29) is 21.7 Å². The third kappa shape index (κ3) is 5.53. The van der Waals surface area contributed by atoms with Gasteiger partial charge in [-0.1, -0.05) is 12.1 Å². The molecule has 1 N–H and O–H groups in total. The van der Waals surface area contributed by atoms with E-state index in [1.807, 2.05) is 31.2 Å². The largest absolute Gasteiger partial charge is 0.497 e. The lowest BCUT2D eigenvalue weighted by atomic mass is 10.1. The van der Waals surface area contributed by atoms with E-state index in [0.717, 1.165) is 35.7 Å². The zero-order chi connectivity index (χ0) is 20.9. The Bertz CT molecular complexity index is 919. The van der Waals surface area contributed by atoms with Crippen molar-refractivity contribution in [2.24, 2.45) is 0 Å². The van der Waals surface area contributed by atoms with Gasteiger partial charge in [0.1, 0.15) is 15.5 Å². The second kappa shape index (κ2) is 9.97. The van der Waals surface area contributed by atoms with Crippen LogP contribution in [0.5, 0.6) is 5.75 Å². The van der Waals surface area contributed by atoms with Gasteiger partial charge in [-0.25, -0.2) is 8.42 Å². The van der Waals surface area contributed by atoms with Crippen LogP contribution in [-0.2, 0) is 16.4 Å². The minimum Gasteiger partial charge on any atom is -0.497 e. The first-order valence-corrected chi connectivity index (χ1v) is 13.0. The zero-order valence-electron chi connectivity index (χ0n) is 16.6. The van der Waals surface area contributed by atoms with Crippen LogP contribution in [0.4, 0.5) is 0 Å². The lowest BCUT2D eigenvalue weighted by molar-refractivity contribution is 0.0939. The number of amides is 1. The average molecular weight is 455 g/mol. The maximum Gasteiger partial charge on any atom is 0.262 e. The standard InChI is InChI=1S/C20H26N2O4S3/c1-15(3-4-16-5-7-17(26-2)8-6-16)21-20(23)19-18(9-12-28-19)29(24,25)22-10-13-27-14-11-22/h5-9,12,15H,3-4,10-11,13-14H2,1-2H3,(H,21,23). The summed E-state index contributed by atoms with van der Waals surface area (Å²) < 4.78 is 32.6. The lowest BCUT2D eigenvalue weighted by Gasteiger charge is -2.25. The second-order valence-corrected chi connectivity index (χ2v) is 10.9. The normalized spacial score (nSPS) is 16.3. The van der Waals surface area contributed by atoms with Gasteiger partial charge in [-0.15, -0.1) is 11.3 Å². The summed E-state index contributed by atoms with van der Waals surface area (Å²) in [4.78, 5) is 13.1. The summed E-state index contributed by atoms with van der Waals surface area (Å²) in [6, 6.07) is 9.32. The third-order valence-corrected chi connectivity index (χ3v) is 8.75. The number of sulfonamides is 1. The fourth-order valence-corrected chi connectivity index (χ4v) is 7.01. The number of methoxy groups -OCH3 is 1. The van der Waals surface area contributed by atoms with Crippen LogP contribution in [0.25, 0.3) is 0 Å². The number of thioether (sulfide) groups is 1. The molecule has 9 heteroatoms. The van der Waals surface area contributed by atoms with Crippen LogP contribution in [0.15, 0.2) is 40.6 Å². The number of hydrogen-bond acceptors (Lipinski definition) is 6. The molecule has 1 amide bonds. The van der Waals surface area contributed by atoms with Crippen molar-refractivity contribution >= 4 is 39.0 Å². The van der Waals surface area contributed by atoms with Gasteiger partial charge in [0, 0.05) is 30.6 Å². The van der Waals surface area contributed by atoms with Crippen molar-refractivity contribution in [3.63, 3.8) is 0 Å². The minimum atomic E-state index is -3.63. The number of carbonyl (C=O) groups is 1. The highest BCUT2D eigenvalue weighted by molar-refractivity contribution is 7.99. The highest BCUT2D eigenvalue weighted by atomic mass is 32.2. The molecular weight excluding hydrogens is 428 g/mol. The van der Waals surface area contributed by atoms with E-state index < -0.39 is 10.0 Å². The molecular formula is C20H26N2O4S3. The molecule has 1 aliphatic heterocycles. The van der Waals surface area contributed by atoms with Crippen LogP contribution in [0.2, 0.25) is 0 Å². The summed E-state index contributed by atoms with van der Waals surface area (Å²) in [5.74, 6) is 2.06. The van der Waals surface area contributed by atoms with Crippen LogP contribution in [0, 0.1) is 0 Å². The molecule has 0 aliphatic carbocycles. The van der Waals surface area contributed by atoms with Crippen LogP contribution < -0.4 is 10.1 Å². The van der Waals surface area contributed by atoms with Crippen molar-refractivity contribution < 1.29 is 17.9 Å². The number of thiophene rings is 1. The van der Waals surface area contributed by atoms with Crippen molar-refractivity contribution in [2.45, 2.75) is 30.7 Å². The van der Waals surface area contributed by atoms with Gasteiger partial charge in [0.25, 0.3) is 5.91 Å². The van der Waals surface area contributed by atoms with Crippen molar-refractivity contribution in [3.05, 3.63) is 46.2 Å². The molecule has 0 saturated carbocycles. The molecule has 158 valence electrons. The van der Waals surface area contributed by atoms with Gasteiger partial charge in [0.05, 0.1) is 7.11 Å². The van der Waals surface area contributed by atoms with E-state index in [0.29, 0.717) is 13.1 Å². The quantitative estimate of drug-likeness (QED) is 0.663. The van der Waals surface area contributed by atoms with E-state index in [4.69, 9.17) is 4.74 Å². The van der Waals surface area contributed by atoms with Gasteiger partial charge in [0.15, 0.2) is 0 Å². The van der Waals surface area contributed by atoms with Crippen LogP contribution in [-0.4, -0.2) is 56.4 Å². The molecule has 1 aliphatic rings. The molecule has 3 rings (SSSR count). The fourth-order valence-electron chi connectivity index (χ4n) is 3.13. The van der Waals surface area contributed by atoms with Gasteiger partial charge in [-0.3, -0.25) is 4.79 Å². The summed E-state index contributed by atoms with van der Waals surface area (Å²) in [7, 11) is -2.00. The molecule has 29 heavy (non-hydrogen) atoms. The van der Waals surface area contributed by atoms with Gasteiger partial charge >= 0.3 is 0 Å². The second-order valence-electron chi connectivity index (χ2n) is 6.89. The summed E-state index contributed by atoms with van der Waals surface area (Å²) in [6.07, 6.45) is 1.57. The van der Waals surface area contributed by atoms with Crippen molar-refractivity contribution in [2.75, 3.05) is 31.7 Å². The first-order chi connectivity index (χ1) is 13.9. The SMILES string of the molecule is COc1ccc(CCC(C)NC(=O)c2sccc2S(=O)(=O)N2CCSCC2)cc1.